The van der Waals surface area contributed by atoms with Crippen LogP contribution < -0.4 is 11.1 Å². The van der Waals surface area contributed by atoms with Crippen LogP contribution >= 0.6 is 0 Å². The molecule has 0 heterocycles. The fourth-order valence-electron chi connectivity index (χ4n) is 2.41. The summed E-state index contributed by atoms with van der Waals surface area (Å²) in [6.45, 7) is 0. The predicted molar refractivity (Wildman–Crippen MR) is 70.6 cm³/mol. The predicted octanol–water partition coefficient (Wildman–Crippen LogP) is 3.32. The van der Waals surface area contributed by atoms with Crippen molar-refractivity contribution in [2.75, 3.05) is 11.1 Å². The van der Waals surface area contributed by atoms with Gasteiger partial charge in [0.05, 0.1) is 11.4 Å². The minimum atomic E-state index is -0.389. The largest absolute Gasteiger partial charge is 0.397 e. The molecule has 1 aromatic rings. The number of hydrogen-bond acceptors (Lipinski definition) is 2. The lowest BCUT2D eigenvalue weighted by Crippen LogP contribution is -2.23. The van der Waals surface area contributed by atoms with E-state index in [1.54, 1.807) is 0 Å². The van der Waals surface area contributed by atoms with Gasteiger partial charge in [-0.3, -0.25) is 4.79 Å². The van der Waals surface area contributed by atoms with E-state index in [4.69, 9.17) is 5.73 Å². The van der Waals surface area contributed by atoms with Gasteiger partial charge in [0.2, 0.25) is 5.91 Å². The van der Waals surface area contributed by atoms with E-state index >= 15 is 0 Å². The highest BCUT2D eigenvalue weighted by Gasteiger charge is 2.20. The summed E-state index contributed by atoms with van der Waals surface area (Å²) in [5.74, 6) is -0.385. The molecule has 0 unspecified atom stereocenters. The molecule has 4 heteroatoms. The van der Waals surface area contributed by atoms with Crippen molar-refractivity contribution in [1.82, 2.24) is 0 Å². The molecule has 1 fully saturated rings. The molecule has 1 saturated carbocycles. The zero-order valence-electron chi connectivity index (χ0n) is 10.4. The third-order valence-electron chi connectivity index (χ3n) is 3.50. The highest BCUT2D eigenvalue weighted by Crippen LogP contribution is 2.26. The van der Waals surface area contributed by atoms with E-state index in [2.05, 4.69) is 5.32 Å². The van der Waals surface area contributed by atoms with Crippen molar-refractivity contribution < 1.29 is 9.18 Å². The number of benzene rings is 1. The average molecular weight is 250 g/mol. The smallest absolute Gasteiger partial charge is 0.227 e. The molecular formula is C14H19FN2O. The Kier molecular flexibility index (Phi) is 4.18. The first-order chi connectivity index (χ1) is 8.66. The summed E-state index contributed by atoms with van der Waals surface area (Å²) >= 11 is 0. The number of halogens is 1. The average Bonchev–Trinajstić information content (AvgIpc) is 2.62. The monoisotopic (exact) mass is 250 g/mol. The van der Waals surface area contributed by atoms with Crippen LogP contribution in [-0.4, -0.2) is 5.91 Å². The summed E-state index contributed by atoms with van der Waals surface area (Å²) < 4.78 is 13.1. The molecule has 1 aliphatic rings. The van der Waals surface area contributed by atoms with Crippen molar-refractivity contribution >= 4 is 17.3 Å². The van der Waals surface area contributed by atoms with Gasteiger partial charge in [0.25, 0.3) is 0 Å². The second-order valence-corrected chi connectivity index (χ2v) is 4.91. The van der Waals surface area contributed by atoms with Gasteiger partial charge in [-0.2, -0.15) is 0 Å². The summed E-state index contributed by atoms with van der Waals surface area (Å²) in [5.41, 5.74) is 6.50. The number of nitrogen functional groups attached to an aromatic ring is 1. The van der Waals surface area contributed by atoms with Crippen LogP contribution in [0.2, 0.25) is 0 Å². The van der Waals surface area contributed by atoms with Crippen LogP contribution in [0, 0.1) is 11.7 Å². The number of carbonyl (C=O) groups excluding carboxylic acids is 1. The highest BCUT2D eigenvalue weighted by molar-refractivity contribution is 5.95. The minimum Gasteiger partial charge on any atom is -0.397 e. The zero-order chi connectivity index (χ0) is 13.0. The molecule has 18 heavy (non-hydrogen) atoms. The van der Waals surface area contributed by atoms with Gasteiger partial charge in [0.1, 0.15) is 5.82 Å². The Morgan fingerprint density at radius 1 is 1.22 bits per heavy atom. The molecule has 98 valence electrons. The summed E-state index contributed by atoms with van der Waals surface area (Å²) in [5, 5.41) is 2.74. The quantitative estimate of drug-likeness (QED) is 0.625. The molecular weight excluding hydrogens is 231 g/mol. The van der Waals surface area contributed by atoms with Gasteiger partial charge < -0.3 is 11.1 Å². The molecule has 2 rings (SSSR count). The molecule has 3 nitrogen and oxygen atoms in total. The van der Waals surface area contributed by atoms with Crippen LogP contribution in [-0.2, 0) is 4.79 Å². The Morgan fingerprint density at radius 2 is 1.89 bits per heavy atom. The van der Waals surface area contributed by atoms with Crippen LogP contribution in [0.15, 0.2) is 18.2 Å². The van der Waals surface area contributed by atoms with E-state index in [-0.39, 0.29) is 17.6 Å². The van der Waals surface area contributed by atoms with Crippen molar-refractivity contribution in [2.24, 2.45) is 5.92 Å². The van der Waals surface area contributed by atoms with Crippen LogP contribution in [0.3, 0.4) is 0 Å². The maximum atomic E-state index is 13.1. The Labute approximate surface area is 107 Å². The van der Waals surface area contributed by atoms with E-state index in [0.717, 1.165) is 25.7 Å². The van der Waals surface area contributed by atoms with E-state index in [9.17, 15) is 9.18 Å². The number of amides is 1. The second-order valence-electron chi connectivity index (χ2n) is 4.91. The Hall–Kier alpha value is -1.58. The van der Waals surface area contributed by atoms with E-state index in [0.29, 0.717) is 11.4 Å². The number of nitrogens with two attached hydrogens (primary N) is 1. The normalized spacial score (nSPS) is 17.2. The lowest BCUT2D eigenvalue weighted by molar-refractivity contribution is -0.120. The lowest BCUT2D eigenvalue weighted by atomic mass is 9.99. The maximum absolute atomic E-state index is 13.1. The summed E-state index contributed by atoms with van der Waals surface area (Å²) in [7, 11) is 0. The summed E-state index contributed by atoms with van der Waals surface area (Å²) in [4.78, 5) is 12.1. The standard InChI is InChI=1S/C14H19FN2O/c15-11-7-8-12(16)13(9-11)17-14(18)10-5-3-1-2-4-6-10/h7-10H,1-6,16H2,(H,17,18). The van der Waals surface area contributed by atoms with Crippen molar-refractivity contribution in [2.45, 2.75) is 38.5 Å². The summed E-state index contributed by atoms with van der Waals surface area (Å²) in [6.07, 6.45) is 6.42. The lowest BCUT2D eigenvalue weighted by Gasteiger charge is -2.15. The molecule has 0 spiro atoms. The summed E-state index contributed by atoms with van der Waals surface area (Å²) in [6, 6.07) is 4.03. The Bertz CT molecular complexity index is 426. The third-order valence-corrected chi connectivity index (χ3v) is 3.50. The number of hydrogen-bond donors (Lipinski definition) is 2. The fourth-order valence-corrected chi connectivity index (χ4v) is 2.41. The Balaban J connectivity index is 2.03. The molecule has 0 saturated heterocycles. The van der Waals surface area contributed by atoms with Crippen LogP contribution in [0.5, 0.6) is 0 Å². The number of nitrogens with one attached hydrogen (secondary N) is 1. The first kappa shape index (κ1) is 12.9. The van der Waals surface area contributed by atoms with Crippen LogP contribution in [0.1, 0.15) is 38.5 Å². The van der Waals surface area contributed by atoms with Crippen LogP contribution in [0.25, 0.3) is 0 Å². The van der Waals surface area contributed by atoms with E-state index in [1.165, 1.54) is 31.0 Å². The molecule has 3 N–H and O–H groups in total. The first-order valence-electron chi connectivity index (χ1n) is 6.52. The SMILES string of the molecule is Nc1ccc(F)cc1NC(=O)C1CCCCCC1. The van der Waals surface area contributed by atoms with E-state index in [1.807, 2.05) is 0 Å². The highest BCUT2D eigenvalue weighted by atomic mass is 19.1. The zero-order valence-corrected chi connectivity index (χ0v) is 10.4. The van der Waals surface area contributed by atoms with Gasteiger partial charge in [-0.15, -0.1) is 0 Å². The molecule has 1 aromatic carbocycles. The number of rotatable bonds is 2. The van der Waals surface area contributed by atoms with Crippen LogP contribution in [0.4, 0.5) is 15.8 Å². The molecule has 0 radical (unpaired) electrons. The second kappa shape index (κ2) is 5.85. The van der Waals surface area contributed by atoms with E-state index < -0.39 is 0 Å². The van der Waals surface area contributed by atoms with Gasteiger partial charge >= 0.3 is 0 Å². The van der Waals surface area contributed by atoms with Gasteiger partial charge in [-0.1, -0.05) is 25.7 Å². The minimum absolute atomic E-state index is 0.0331. The molecule has 0 atom stereocenters. The number of carbonyl (C=O) groups is 1. The molecule has 0 aliphatic heterocycles. The van der Waals surface area contributed by atoms with Crippen molar-refractivity contribution in [3.05, 3.63) is 24.0 Å². The van der Waals surface area contributed by atoms with Gasteiger partial charge in [-0.05, 0) is 31.0 Å². The van der Waals surface area contributed by atoms with Gasteiger partial charge in [0.15, 0.2) is 0 Å². The molecule has 0 aromatic heterocycles. The maximum Gasteiger partial charge on any atom is 0.227 e. The number of anilines is 2. The van der Waals surface area contributed by atoms with Crippen molar-refractivity contribution in [3.8, 4) is 0 Å². The molecule has 1 amide bonds. The fraction of sp³-hybridized carbons (Fsp3) is 0.500. The van der Waals surface area contributed by atoms with Crippen molar-refractivity contribution in [1.29, 1.82) is 0 Å². The van der Waals surface area contributed by atoms with Gasteiger partial charge in [0, 0.05) is 5.92 Å². The van der Waals surface area contributed by atoms with Crippen molar-refractivity contribution in [3.63, 3.8) is 0 Å². The molecule has 1 aliphatic carbocycles. The topological polar surface area (TPSA) is 55.1 Å². The molecule has 0 bridgehead atoms. The Morgan fingerprint density at radius 3 is 2.56 bits per heavy atom. The van der Waals surface area contributed by atoms with Gasteiger partial charge in [-0.25, -0.2) is 4.39 Å². The third kappa shape index (κ3) is 3.22. The first-order valence-corrected chi connectivity index (χ1v) is 6.52.